The molecule has 0 aliphatic rings. The highest BCUT2D eigenvalue weighted by atomic mass is 16.6. The second kappa shape index (κ2) is 15.3. The number of hydrogen-bond donors (Lipinski definition) is 2. The van der Waals surface area contributed by atoms with E-state index >= 15 is 0 Å². The van der Waals surface area contributed by atoms with Crippen molar-refractivity contribution in [2.45, 2.75) is 52.1 Å². The van der Waals surface area contributed by atoms with Crippen molar-refractivity contribution in [2.75, 3.05) is 52.7 Å². The molecule has 0 rings (SSSR count). The first-order chi connectivity index (χ1) is 11.0. The van der Waals surface area contributed by atoms with E-state index in [0.717, 1.165) is 0 Å². The maximum absolute atomic E-state index is 5.72. The van der Waals surface area contributed by atoms with Crippen LogP contribution in [0.5, 0.6) is 0 Å². The van der Waals surface area contributed by atoms with Crippen molar-refractivity contribution in [1.29, 1.82) is 0 Å². The van der Waals surface area contributed by atoms with E-state index in [2.05, 4.69) is 0 Å². The van der Waals surface area contributed by atoms with Gasteiger partial charge in [0.05, 0.1) is 64.1 Å². The standard InChI is InChI=1S/C16H36N2O5/c1-13(9-19-7-5-17)21-11-15(3)23-12-16(4)22-10-14(2)20-8-6-18/h13-16H,5-12,17-18H2,1-4H3. The van der Waals surface area contributed by atoms with E-state index in [1.165, 1.54) is 0 Å². The molecular weight excluding hydrogens is 300 g/mol. The van der Waals surface area contributed by atoms with Crippen LogP contribution in [-0.4, -0.2) is 77.1 Å². The van der Waals surface area contributed by atoms with Crippen LogP contribution >= 0.6 is 0 Å². The zero-order valence-corrected chi connectivity index (χ0v) is 15.2. The average molecular weight is 336 g/mol. The summed E-state index contributed by atoms with van der Waals surface area (Å²) < 4.78 is 27.8. The second-order valence-corrected chi connectivity index (χ2v) is 5.77. The predicted molar refractivity (Wildman–Crippen MR) is 90.6 cm³/mol. The largest absolute Gasteiger partial charge is 0.377 e. The van der Waals surface area contributed by atoms with Crippen molar-refractivity contribution in [1.82, 2.24) is 0 Å². The number of nitrogens with two attached hydrogens (primary N) is 2. The van der Waals surface area contributed by atoms with Crippen molar-refractivity contribution in [2.24, 2.45) is 11.5 Å². The van der Waals surface area contributed by atoms with Crippen LogP contribution < -0.4 is 11.5 Å². The van der Waals surface area contributed by atoms with Crippen LogP contribution in [0.15, 0.2) is 0 Å². The van der Waals surface area contributed by atoms with Crippen LogP contribution in [0.1, 0.15) is 27.7 Å². The van der Waals surface area contributed by atoms with E-state index in [1.54, 1.807) is 0 Å². The molecule has 0 fully saturated rings. The summed E-state index contributed by atoms with van der Waals surface area (Å²) in [4.78, 5) is 0. The molecule has 0 saturated carbocycles. The van der Waals surface area contributed by atoms with Crippen LogP contribution in [0.3, 0.4) is 0 Å². The van der Waals surface area contributed by atoms with Crippen molar-refractivity contribution < 1.29 is 23.7 Å². The van der Waals surface area contributed by atoms with Gasteiger partial charge >= 0.3 is 0 Å². The minimum Gasteiger partial charge on any atom is -0.377 e. The molecule has 0 aromatic carbocycles. The van der Waals surface area contributed by atoms with Gasteiger partial charge in [0.25, 0.3) is 0 Å². The second-order valence-electron chi connectivity index (χ2n) is 5.77. The molecule has 140 valence electrons. The maximum atomic E-state index is 5.72. The molecule has 0 amide bonds. The zero-order chi connectivity index (χ0) is 17.5. The Bertz CT molecular complexity index is 259. The van der Waals surface area contributed by atoms with Gasteiger partial charge in [-0.15, -0.1) is 0 Å². The van der Waals surface area contributed by atoms with Crippen molar-refractivity contribution in [3.8, 4) is 0 Å². The summed E-state index contributed by atoms with van der Waals surface area (Å²) in [6.07, 6.45) is 0.0774. The van der Waals surface area contributed by atoms with Gasteiger partial charge in [0.1, 0.15) is 0 Å². The summed E-state index contributed by atoms with van der Waals surface area (Å²) >= 11 is 0. The van der Waals surface area contributed by atoms with E-state index in [0.29, 0.717) is 52.7 Å². The van der Waals surface area contributed by atoms with E-state index in [4.69, 9.17) is 35.2 Å². The molecule has 0 radical (unpaired) electrons. The van der Waals surface area contributed by atoms with Crippen LogP contribution in [0.4, 0.5) is 0 Å². The Morgan fingerprint density at radius 2 is 0.957 bits per heavy atom. The molecule has 0 spiro atoms. The first-order valence-corrected chi connectivity index (χ1v) is 8.43. The van der Waals surface area contributed by atoms with Gasteiger partial charge in [0.2, 0.25) is 0 Å². The van der Waals surface area contributed by atoms with Crippen molar-refractivity contribution >= 4 is 0 Å². The van der Waals surface area contributed by atoms with Crippen molar-refractivity contribution in [3.05, 3.63) is 0 Å². The quantitative estimate of drug-likeness (QED) is 0.397. The Labute approximate surface area is 140 Å². The number of hydrogen-bond acceptors (Lipinski definition) is 7. The molecule has 4 unspecified atom stereocenters. The van der Waals surface area contributed by atoms with Gasteiger partial charge in [-0.05, 0) is 27.7 Å². The highest BCUT2D eigenvalue weighted by molar-refractivity contribution is 4.56. The van der Waals surface area contributed by atoms with Gasteiger partial charge in [-0.2, -0.15) is 0 Å². The van der Waals surface area contributed by atoms with Gasteiger partial charge in [-0.25, -0.2) is 0 Å². The fourth-order valence-corrected chi connectivity index (χ4v) is 1.69. The van der Waals surface area contributed by atoms with E-state index in [1.807, 2.05) is 27.7 Å². The average Bonchev–Trinajstić information content (AvgIpc) is 2.54. The fraction of sp³-hybridized carbons (Fsp3) is 1.00. The third-order valence-electron chi connectivity index (χ3n) is 2.98. The lowest BCUT2D eigenvalue weighted by molar-refractivity contribution is -0.0914. The molecular formula is C16H36N2O5. The van der Waals surface area contributed by atoms with Crippen LogP contribution in [-0.2, 0) is 23.7 Å². The molecule has 7 heteroatoms. The normalized spacial score (nSPS) is 17.0. The molecule has 4 atom stereocenters. The lowest BCUT2D eigenvalue weighted by Crippen LogP contribution is -2.28. The van der Waals surface area contributed by atoms with Crippen molar-refractivity contribution in [3.63, 3.8) is 0 Å². The molecule has 0 bridgehead atoms. The van der Waals surface area contributed by atoms with E-state index in [-0.39, 0.29) is 24.4 Å². The summed E-state index contributed by atoms with van der Waals surface area (Å²) in [5, 5.41) is 0. The smallest absolute Gasteiger partial charge is 0.0781 e. The molecule has 0 saturated heterocycles. The molecule has 4 N–H and O–H groups in total. The first-order valence-electron chi connectivity index (χ1n) is 8.43. The Morgan fingerprint density at radius 1 is 0.565 bits per heavy atom. The predicted octanol–water partition coefficient (Wildman–Crippen LogP) is 0.541. The molecule has 0 heterocycles. The SMILES string of the molecule is CC(COCCN)OCC(C)OCC(C)OCC(C)OCCN. The summed E-state index contributed by atoms with van der Waals surface area (Å²) in [6.45, 7) is 12.2. The number of rotatable bonds is 16. The summed E-state index contributed by atoms with van der Waals surface area (Å²) in [7, 11) is 0. The van der Waals surface area contributed by atoms with Gasteiger partial charge in [-0.1, -0.05) is 0 Å². The topological polar surface area (TPSA) is 98.2 Å². The van der Waals surface area contributed by atoms with Gasteiger partial charge < -0.3 is 35.2 Å². The lowest BCUT2D eigenvalue weighted by atomic mass is 10.3. The summed E-state index contributed by atoms with van der Waals surface area (Å²) in [5.41, 5.74) is 10.7. The number of ether oxygens (including phenoxy) is 5. The minimum atomic E-state index is 0.00363. The van der Waals surface area contributed by atoms with E-state index < -0.39 is 0 Å². The first kappa shape index (κ1) is 22.7. The minimum absolute atomic E-state index is 0.00363. The van der Waals surface area contributed by atoms with Crippen LogP contribution in [0, 0.1) is 0 Å². The van der Waals surface area contributed by atoms with Crippen LogP contribution in [0.2, 0.25) is 0 Å². The molecule has 23 heavy (non-hydrogen) atoms. The summed E-state index contributed by atoms with van der Waals surface area (Å²) in [5.74, 6) is 0. The highest BCUT2D eigenvalue weighted by Crippen LogP contribution is 2.02. The molecule has 0 aliphatic heterocycles. The Morgan fingerprint density at radius 3 is 1.39 bits per heavy atom. The Balaban J connectivity index is 3.61. The third-order valence-corrected chi connectivity index (χ3v) is 2.98. The van der Waals surface area contributed by atoms with Gasteiger partial charge in [0.15, 0.2) is 0 Å². The summed E-state index contributed by atoms with van der Waals surface area (Å²) in [6, 6.07) is 0. The Hall–Kier alpha value is -0.280. The van der Waals surface area contributed by atoms with Gasteiger partial charge in [-0.3, -0.25) is 0 Å². The zero-order valence-electron chi connectivity index (χ0n) is 15.2. The highest BCUT2D eigenvalue weighted by Gasteiger charge is 2.11. The molecule has 7 nitrogen and oxygen atoms in total. The van der Waals surface area contributed by atoms with E-state index in [9.17, 15) is 0 Å². The Kier molecular flexibility index (Phi) is 15.1. The molecule has 0 aromatic rings. The maximum Gasteiger partial charge on any atom is 0.0781 e. The third kappa shape index (κ3) is 15.0. The van der Waals surface area contributed by atoms with Gasteiger partial charge in [0, 0.05) is 13.1 Å². The molecule has 0 aliphatic carbocycles. The monoisotopic (exact) mass is 336 g/mol. The fourth-order valence-electron chi connectivity index (χ4n) is 1.69. The van der Waals surface area contributed by atoms with Crippen LogP contribution in [0.25, 0.3) is 0 Å². The molecule has 0 aromatic heterocycles. The lowest BCUT2D eigenvalue weighted by Gasteiger charge is -2.21.